The highest BCUT2D eigenvalue weighted by atomic mass is 32.2. The minimum absolute atomic E-state index is 0.0591. The molecule has 3 rings (SSSR count). The Morgan fingerprint density at radius 2 is 2.24 bits per heavy atom. The highest BCUT2D eigenvalue weighted by Crippen LogP contribution is 2.31. The first-order chi connectivity index (χ1) is 10.1. The third-order valence-corrected chi connectivity index (χ3v) is 6.03. The lowest BCUT2D eigenvalue weighted by molar-refractivity contribution is 0.423. The molecule has 2 aromatic rings. The standard InChI is InChI=1S/C15H19N3O2S/c16-18-15(8-11-5-7-21(19,20)10-11)13-3-1-2-12-4-6-17-9-14(12)13/h1-4,6,9,11,15,18H,5,7-8,10,16H2. The van der Waals surface area contributed by atoms with Crippen molar-refractivity contribution in [2.75, 3.05) is 11.5 Å². The first kappa shape index (κ1) is 14.4. The molecule has 6 heteroatoms. The molecule has 0 spiro atoms. The van der Waals surface area contributed by atoms with Crippen LogP contribution in [0.15, 0.2) is 36.7 Å². The summed E-state index contributed by atoms with van der Waals surface area (Å²) in [5, 5.41) is 2.17. The number of rotatable bonds is 4. The summed E-state index contributed by atoms with van der Waals surface area (Å²) >= 11 is 0. The number of sulfone groups is 1. The van der Waals surface area contributed by atoms with Crippen LogP contribution in [0.1, 0.15) is 24.4 Å². The maximum atomic E-state index is 11.6. The molecule has 1 fully saturated rings. The fraction of sp³-hybridized carbons (Fsp3) is 0.400. The normalized spacial score (nSPS) is 22.4. The third-order valence-electron chi connectivity index (χ3n) is 4.19. The van der Waals surface area contributed by atoms with Crippen LogP contribution in [0.3, 0.4) is 0 Å². The molecule has 21 heavy (non-hydrogen) atoms. The molecule has 5 nitrogen and oxygen atoms in total. The third kappa shape index (κ3) is 3.07. The van der Waals surface area contributed by atoms with Gasteiger partial charge in [-0.1, -0.05) is 18.2 Å². The Kier molecular flexibility index (Phi) is 3.93. The van der Waals surface area contributed by atoms with Crippen molar-refractivity contribution >= 4 is 20.6 Å². The maximum absolute atomic E-state index is 11.6. The van der Waals surface area contributed by atoms with Crippen molar-refractivity contribution in [2.45, 2.75) is 18.9 Å². The van der Waals surface area contributed by atoms with Gasteiger partial charge in [-0.3, -0.25) is 16.3 Å². The summed E-state index contributed by atoms with van der Waals surface area (Å²) in [6.07, 6.45) is 5.05. The van der Waals surface area contributed by atoms with Crippen molar-refractivity contribution in [3.05, 3.63) is 42.2 Å². The Balaban J connectivity index is 1.89. The van der Waals surface area contributed by atoms with Crippen molar-refractivity contribution in [3.8, 4) is 0 Å². The minimum Gasteiger partial charge on any atom is -0.271 e. The summed E-state index contributed by atoms with van der Waals surface area (Å²) in [7, 11) is -2.85. The highest BCUT2D eigenvalue weighted by Gasteiger charge is 2.30. The van der Waals surface area contributed by atoms with E-state index in [1.165, 1.54) is 0 Å². The van der Waals surface area contributed by atoms with Gasteiger partial charge < -0.3 is 0 Å². The minimum atomic E-state index is -2.85. The van der Waals surface area contributed by atoms with Crippen LogP contribution >= 0.6 is 0 Å². The lowest BCUT2D eigenvalue weighted by atomic mass is 9.92. The topological polar surface area (TPSA) is 85.1 Å². The number of hydrogen-bond acceptors (Lipinski definition) is 5. The second-order valence-electron chi connectivity index (χ2n) is 5.67. The quantitative estimate of drug-likeness (QED) is 0.661. The zero-order valence-electron chi connectivity index (χ0n) is 11.7. The number of hydrogen-bond donors (Lipinski definition) is 2. The van der Waals surface area contributed by atoms with E-state index in [9.17, 15) is 8.42 Å². The van der Waals surface area contributed by atoms with Crippen LogP contribution in [-0.4, -0.2) is 24.9 Å². The van der Waals surface area contributed by atoms with E-state index in [0.29, 0.717) is 5.75 Å². The van der Waals surface area contributed by atoms with Gasteiger partial charge in [-0.15, -0.1) is 0 Å². The summed E-state index contributed by atoms with van der Waals surface area (Å²) in [4.78, 5) is 4.18. The van der Waals surface area contributed by atoms with E-state index in [2.05, 4.69) is 10.4 Å². The van der Waals surface area contributed by atoms with Crippen LogP contribution in [0, 0.1) is 5.92 Å². The number of aromatic nitrogens is 1. The molecule has 1 aromatic heterocycles. The van der Waals surface area contributed by atoms with E-state index in [4.69, 9.17) is 5.84 Å². The summed E-state index contributed by atoms with van der Waals surface area (Å²) in [5.41, 5.74) is 3.92. The van der Waals surface area contributed by atoms with E-state index >= 15 is 0 Å². The molecular formula is C15H19N3O2S. The SMILES string of the molecule is NNC(CC1CCS(=O)(=O)C1)c1cccc2ccncc12. The van der Waals surface area contributed by atoms with Crippen molar-refractivity contribution in [1.29, 1.82) is 0 Å². The molecule has 2 heterocycles. The molecule has 0 radical (unpaired) electrons. The van der Waals surface area contributed by atoms with Crippen molar-refractivity contribution in [3.63, 3.8) is 0 Å². The molecule has 112 valence electrons. The Hall–Kier alpha value is -1.50. The number of hydrazine groups is 1. The molecule has 0 amide bonds. The van der Waals surface area contributed by atoms with E-state index in [0.717, 1.165) is 29.2 Å². The van der Waals surface area contributed by atoms with Crippen LogP contribution in [0.25, 0.3) is 10.8 Å². The Labute approximate surface area is 124 Å². The number of pyridine rings is 1. The van der Waals surface area contributed by atoms with Gasteiger partial charge in [0.05, 0.1) is 11.5 Å². The summed E-state index contributed by atoms with van der Waals surface area (Å²) in [6.45, 7) is 0. The molecule has 1 aromatic carbocycles. The average Bonchev–Trinajstić information content (AvgIpc) is 2.83. The number of nitrogens with zero attached hydrogens (tertiary/aromatic N) is 1. The molecule has 1 aliphatic rings. The Morgan fingerprint density at radius 1 is 1.38 bits per heavy atom. The lowest BCUT2D eigenvalue weighted by Gasteiger charge is -2.21. The first-order valence-electron chi connectivity index (χ1n) is 7.08. The summed E-state index contributed by atoms with van der Waals surface area (Å²) in [6, 6.07) is 7.96. The summed E-state index contributed by atoms with van der Waals surface area (Å²) in [5.74, 6) is 6.46. The van der Waals surface area contributed by atoms with Crippen molar-refractivity contribution in [2.24, 2.45) is 11.8 Å². The zero-order chi connectivity index (χ0) is 14.9. The maximum Gasteiger partial charge on any atom is 0.150 e. The lowest BCUT2D eigenvalue weighted by Crippen LogP contribution is -2.30. The van der Waals surface area contributed by atoms with Crippen LogP contribution in [0.2, 0.25) is 0 Å². The fourth-order valence-corrected chi connectivity index (χ4v) is 5.00. The highest BCUT2D eigenvalue weighted by molar-refractivity contribution is 7.91. The van der Waals surface area contributed by atoms with Gasteiger partial charge in [0.1, 0.15) is 0 Å². The van der Waals surface area contributed by atoms with Gasteiger partial charge >= 0.3 is 0 Å². The Morgan fingerprint density at radius 3 is 2.95 bits per heavy atom. The first-order valence-corrected chi connectivity index (χ1v) is 8.90. The molecular weight excluding hydrogens is 286 g/mol. The van der Waals surface area contributed by atoms with E-state index < -0.39 is 9.84 Å². The van der Waals surface area contributed by atoms with Gasteiger partial charge in [0.15, 0.2) is 9.84 Å². The molecule has 2 atom stereocenters. The second-order valence-corrected chi connectivity index (χ2v) is 7.90. The molecule has 0 saturated carbocycles. The number of benzene rings is 1. The monoisotopic (exact) mass is 305 g/mol. The molecule has 3 N–H and O–H groups in total. The van der Waals surface area contributed by atoms with Gasteiger partial charge in [0.2, 0.25) is 0 Å². The second kappa shape index (κ2) is 5.71. The van der Waals surface area contributed by atoms with Gasteiger partial charge in [0, 0.05) is 23.8 Å². The van der Waals surface area contributed by atoms with Gasteiger partial charge in [-0.2, -0.15) is 0 Å². The van der Waals surface area contributed by atoms with E-state index in [1.807, 2.05) is 30.5 Å². The van der Waals surface area contributed by atoms with Crippen LogP contribution in [0.4, 0.5) is 0 Å². The molecule has 2 unspecified atom stereocenters. The van der Waals surface area contributed by atoms with Crippen LogP contribution in [-0.2, 0) is 9.84 Å². The van der Waals surface area contributed by atoms with Crippen molar-refractivity contribution in [1.82, 2.24) is 10.4 Å². The van der Waals surface area contributed by atoms with Gasteiger partial charge in [-0.25, -0.2) is 8.42 Å². The molecule has 1 saturated heterocycles. The van der Waals surface area contributed by atoms with E-state index in [1.54, 1.807) is 6.20 Å². The van der Waals surface area contributed by atoms with Crippen LogP contribution < -0.4 is 11.3 Å². The van der Waals surface area contributed by atoms with Crippen LogP contribution in [0.5, 0.6) is 0 Å². The zero-order valence-corrected chi connectivity index (χ0v) is 12.5. The van der Waals surface area contributed by atoms with Gasteiger partial charge in [-0.05, 0) is 35.8 Å². The largest absolute Gasteiger partial charge is 0.271 e. The smallest absolute Gasteiger partial charge is 0.150 e. The summed E-state index contributed by atoms with van der Waals surface area (Å²) < 4.78 is 23.2. The predicted molar refractivity (Wildman–Crippen MR) is 83.2 cm³/mol. The molecule has 0 bridgehead atoms. The predicted octanol–water partition coefficient (Wildman–Crippen LogP) is 1.56. The Bertz CT molecular complexity index is 740. The number of nitrogens with one attached hydrogen (secondary N) is 1. The van der Waals surface area contributed by atoms with E-state index in [-0.39, 0.29) is 17.7 Å². The van der Waals surface area contributed by atoms with Gasteiger partial charge in [0.25, 0.3) is 0 Å². The average molecular weight is 305 g/mol. The number of nitrogens with two attached hydrogens (primary N) is 1. The molecule has 1 aliphatic heterocycles. The molecule has 0 aliphatic carbocycles. The number of fused-ring (bicyclic) bond motifs is 1. The fourth-order valence-electron chi connectivity index (χ4n) is 3.12. The van der Waals surface area contributed by atoms with Crippen molar-refractivity contribution < 1.29 is 8.42 Å².